The summed E-state index contributed by atoms with van der Waals surface area (Å²) in [4.78, 5) is 2.67. The molecule has 0 fully saturated rings. The second-order valence-corrected chi connectivity index (χ2v) is 3.52. The van der Waals surface area contributed by atoms with Gasteiger partial charge in [0.25, 0.3) is 0 Å². The first-order valence-electron chi connectivity index (χ1n) is 5.55. The maximum Gasteiger partial charge on any atom is 0.121 e. The Morgan fingerprint density at radius 3 is 2.94 bits per heavy atom. The van der Waals surface area contributed by atoms with Crippen LogP contribution in [0.2, 0.25) is 0 Å². The van der Waals surface area contributed by atoms with E-state index < -0.39 is 0 Å². The van der Waals surface area contributed by atoms with Crippen molar-refractivity contribution in [3.63, 3.8) is 0 Å². The van der Waals surface area contributed by atoms with E-state index in [0.29, 0.717) is 13.1 Å². The quantitative estimate of drug-likeness (QED) is 0.352. The topological polar surface area (TPSA) is 84.6 Å². The standard InChI is InChI=1S/C12H15N5/c1-2-10-5-3-4-6-11(10)12(9-13)15-7-8-16-17-14/h3-6,12,15H,2,7-8H2,1H3. The van der Waals surface area contributed by atoms with Crippen molar-refractivity contribution < 1.29 is 0 Å². The zero-order valence-electron chi connectivity index (χ0n) is 9.80. The molecule has 5 heteroatoms. The zero-order valence-corrected chi connectivity index (χ0v) is 9.80. The molecule has 1 N–H and O–H groups in total. The fourth-order valence-corrected chi connectivity index (χ4v) is 1.67. The van der Waals surface area contributed by atoms with Crippen LogP contribution in [0.3, 0.4) is 0 Å². The van der Waals surface area contributed by atoms with Crippen LogP contribution in [0.4, 0.5) is 0 Å². The van der Waals surface area contributed by atoms with E-state index in [1.54, 1.807) is 0 Å². The Hall–Kier alpha value is -2.02. The molecule has 1 unspecified atom stereocenters. The average molecular weight is 229 g/mol. The minimum atomic E-state index is -0.347. The van der Waals surface area contributed by atoms with Crippen LogP contribution in [0.15, 0.2) is 29.4 Å². The average Bonchev–Trinajstić information content (AvgIpc) is 2.39. The van der Waals surface area contributed by atoms with Gasteiger partial charge in [0.15, 0.2) is 0 Å². The maximum atomic E-state index is 9.14. The molecule has 1 aromatic carbocycles. The summed E-state index contributed by atoms with van der Waals surface area (Å²) in [5.41, 5.74) is 10.3. The Labute approximate surface area is 101 Å². The molecule has 0 radical (unpaired) electrons. The van der Waals surface area contributed by atoms with Crippen molar-refractivity contribution in [3.8, 4) is 6.07 Å². The highest BCUT2D eigenvalue weighted by Crippen LogP contribution is 2.17. The first-order valence-corrected chi connectivity index (χ1v) is 5.55. The second-order valence-electron chi connectivity index (χ2n) is 3.52. The molecular weight excluding hydrogens is 214 g/mol. The lowest BCUT2D eigenvalue weighted by Gasteiger charge is -2.14. The van der Waals surface area contributed by atoms with Gasteiger partial charge in [-0.05, 0) is 23.1 Å². The second kappa shape index (κ2) is 7.29. The van der Waals surface area contributed by atoms with Gasteiger partial charge in [-0.2, -0.15) is 5.26 Å². The summed E-state index contributed by atoms with van der Waals surface area (Å²) in [5, 5.41) is 15.6. The van der Waals surface area contributed by atoms with Crippen molar-refractivity contribution in [2.24, 2.45) is 5.11 Å². The Bertz CT molecular complexity index is 442. The summed E-state index contributed by atoms with van der Waals surface area (Å²) >= 11 is 0. The number of benzene rings is 1. The van der Waals surface area contributed by atoms with E-state index in [0.717, 1.165) is 17.5 Å². The van der Waals surface area contributed by atoms with Gasteiger partial charge in [0.05, 0.1) is 6.07 Å². The van der Waals surface area contributed by atoms with Gasteiger partial charge < -0.3 is 0 Å². The fraction of sp³-hybridized carbons (Fsp3) is 0.417. The minimum Gasteiger partial charge on any atom is -0.298 e. The van der Waals surface area contributed by atoms with E-state index >= 15 is 0 Å². The molecular formula is C12H15N5. The number of hydrogen-bond acceptors (Lipinski definition) is 3. The molecule has 0 heterocycles. The first-order chi connectivity index (χ1) is 8.33. The Kier molecular flexibility index (Phi) is 5.59. The molecule has 0 saturated heterocycles. The number of nitriles is 1. The van der Waals surface area contributed by atoms with E-state index in [9.17, 15) is 0 Å². The van der Waals surface area contributed by atoms with Gasteiger partial charge >= 0.3 is 0 Å². The molecule has 0 aliphatic carbocycles. The molecule has 1 atom stereocenters. The third kappa shape index (κ3) is 3.80. The van der Waals surface area contributed by atoms with Crippen LogP contribution in [0.25, 0.3) is 10.4 Å². The molecule has 0 saturated carbocycles. The summed E-state index contributed by atoms with van der Waals surface area (Å²) in [5.74, 6) is 0. The van der Waals surface area contributed by atoms with E-state index in [-0.39, 0.29) is 6.04 Å². The van der Waals surface area contributed by atoms with Gasteiger partial charge in [-0.25, -0.2) is 0 Å². The Morgan fingerprint density at radius 2 is 2.29 bits per heavy atom. The molecule has 0 spiro atoms. The van der Waals surface area contributed by atoms with E-state index in [1.165, 1.54) is 0 Å². The number of nitrogens with one attached hydrogen (secondary N) is 1. The predicted molar refractivity (Wildman–Crippen MR) is 66.2 cm³/mol. The van der Waals surface area contributed by atoms with Crippen molar-refractivity contribution in [3.05, 3.63) is 45.8 Å². The smallest absolute Gasteiger partial charge is 0.121 e. The van der Waals surface area contributed by atoms with Crippen LogP contribution in [-0.4, -0.2) is 13.1 Å². The van der Waals surface area contributed by atoms with Crippen molar-refractivity contribution in [1.82, 2.24) is 5.32 Å². The molecule has 1 aromatic rings. The third-order valence-corrected chi connectivity index (χ3v) is 2.50. The number of rotatable bonds is 6. The van der Waals surface area contributed by atoms with Crippen LogP contribution >= 0.6 is 0 Å². The van der Waals surface area contributed by atoms with Crippen molar-refractivity contribution >= 4 is 0 Å². The molecule has 1 rings (SSSR count). The van der Waals surface area contributed by atoms with Crippen LogP contribution in [-0.2, 0) is 6.42 Å². The summed E-state index contributed by atoms with van der Waals surface area (Å²) < 4.78 is 0. The normalized spacial score (nSPS) is 11.3. The van der Waals surface area contributed by atoms with Gasteiger partial charge in [0.1, 0.15) is 6.04 Å². The Morgan fingerprint density at radius 1 is 1.53 bits per heavy atom. The molecule has 0 amide bonds. The van der Waals surface area contributed by atoms with Gasteiger partial charge in [-0.3, -0.25) is 5.32 Å². The Balaban J connectivity index is 2.73. The van der Waals surface area contributed by atoms with E-state index in [1.807, 2.05) is 24.3 Å². The number of azide groups is 1. The number of hydrogen-bond donors (Lipinski definition) is 1. The highest BCUT2D eigenvalue weighted by atomic mass is 15.1. The molecule has 0 aromatic heterocycles. The lowest BCUT2D eigenvalue weighted by molar-refractivity contribution is 0.631. The lowest BCUT2D eigenvalue weighted by Crippen LogP contribution is -2.23. The van der Waals surface area contributed by atoms with Crippen LogP contribution in [0.1, 0.15) is 24.1 Å². The highest BCUT2D eigenvalue weighted by molar-refractivity contribution is 5.33. The van der Waals surface area contributed by atoms with Gasteiger partial charge in [-0.15, -0.1) is 0 Å². The predicted octanol–water partition coefficient (Wildman–Crippen LogP) is 2.71. The van der Waals surface area contributed by atoms with E-state index in [4.69, 9.17) is 10.8 Å². The summed E-state index contributed by atoms with van der Waals surface area (Å²) in [6.45, 7) is 2.91. The SMILES string of the molecule is CCc1ccccc1C(C#N)NCCN=[N+]=[N-]. The summed E-state index contributed by atoms with van der Waals surface area (Å²) in [6.07, 6.45) is 0.895. The lowest BCUT2D eigenvalue weighted by atomic mass is 9.99. The molecule has 5 nitrogen and oxygen atoms in total. The fourth-order valence-electron chi connectivity index (χ4n) is 1.67. The van der Waals surface area contributed by atoms with Gasteiger partial charge in [0.2, 0.25) is 0 Å². The molecule has 0 bridgehead atoms. The number of nitrogens with zero attached hydrogens (tertiary/aromatic N) is 4. The molecule has 0 aliphatic heterocycles. The summed E-state index contributed by atoms with van der Waals surface area (Å²) in [6, 6.07) is 9.74. The largest absolute Gasteiger partial charge is 0.298 e. The zero-order chi connectivity index (χ0) is 12.5. The van der Waals surface area contributed by atoms with Gasteiger partial charge in [-0.1, -0.05) is 36.3 Å². The third-order valence-electron chi connectivity index (χ3n) is 2.50. The monoisotopic (exact) mass is 229 g/mol. The summed E-state index contributed by atoms with van der Waals surface area (Å²) in [7, 11) is 0. The van der Waals surface area contributed by atoms with Crippen molar-refractivity contribution in [2.75, 3.05) is 13.1 Å². The van der Waals surface area contributed by atoms with Crippen molar-refractivity contribution in [2.45, 2.75) is 19.4 Å². The molecule has 0 aliphatic rings. The molecule has 88 valence electrons. The maximum absolute atomic E-state index is 9.14. The molecule has 17 heavy (non-hydrogen) atoms. The number of aryl methyl sites for hydroxylation is 1. The van der Waals surface area contributed by atoms with Crippen LogP contribution in [0, 0.1) is 11.3 Å². The minimum absolute atomic E-state index is 0.347. The van der Waals surface area contributed by atoms with E-state index in [2.05, 4.69) is 28.3 Å². The first kappa shape index (κ1) is 13.0. The highest BCUT2D eigenvalue weighted by Gasteiger charge is 2.12. The van der Waals surface area contributed by atoms with Crippen LogP contribution in [0.5, 0.6) is 0 Å². The van der Waals surface area contributed by atoms with Gasteiger partial charge in [0, 0.05) is 18.0 Å². The van der Waals surface area contributed by atoms with Crippen molar-refractivity contribution in [1.29, 1.82) is 5.26 Å². The van der Waals surface area contributed by atoms with Crippen LogP contribution < -0.4 is 5.32 Å².